The molecule has 7 heavy (non-hydrogen) atoms. The zero-order valence-corrected chi connectivity index (χ0v) is 7.66. The van der Waals surface area contributed by atoms with Gasteiger partial charge < -0.3 is 4.55 Å². The Kier molecular flexibility index (Phi) is 8.24. The van der Waals surface area contributed by atoms with E-state index < -0.39 is 11.1 Å². The van der Waals surface area contributed by atoms with E-state index in [1.807, 2.05) is 0 Å². The van der Waals surface area contributed by atoms with Crippen molar-refractivity contribution >= 4 is 40.6 Å². The standard InChI is InChI=1S/C3H8O2S.Na/c1-3(2)6(4)5;/h3H,1-2H3,(H,4,5);. The van der Waals surface area contributed by atoms with Crippen molar-refractivity contribution in [2.24, 2.45) is 0 Å². The molecule has 1 unspecified atom stereocenters. The van der Waals surface area contributed by atoms with Gasteiger partial charge in [-0.2, -0.15) is 0 Å². The third kappa shape index (κ3) is 7.11. The van der Waals surface area contributed by atoms with Gasteiger partial charge in [0.15, 0.2) is 11.1 Å². The molecule has 0 aliphatic heterocycles. The van der Waals surface area contributed by atoms with Gasteiger partial charge in [0.2, 0.25) is 0 Å². The van der Waals surface area contributed by atoms with E-state index in [1.54, 1.807) is 13.8 Å². The summed E-state index contributed by atoms with van der Waals surface area (Å²) in [7, 11) is 0. The van der Waals surface area contributed by atoms with E-state index in [9.17, 15) is 4.21 Å². The maximum atomic E-state index is 9.81. The van der Waals surface area contributed by atoms with E-state index >= 15 is 0 Å². The summed E-state index contributed by atoms with van der Waals surface area (Å²) in [5.41, 5.74) is 0. The van der Waals surface area contributed by atoms with Crippen LogP contribution < -0.4 is 0 Å². The fourth-order valence-electron chi connectivity index (χ4n) is 0. The predicted octanol–water partition coefficient (Wildman–Crippen LogP) is 0.236. The summed E-state index contributed by atoms with van der Waals surface area (Å²) in [5, 5.41) is -0.120. The third-order valence-electron chi connectivity index (χ3n) is 0.403. The smallest absolute Gasteiger partial charge is 0.155 e. The molecule has 0 spiro atoms. The van der Waals surface area contributed by atoms with Crippen LogP contribution in [0.2, 0.25) is 0 Å². The maximum Gasteiger partial charge on any atom is 0.155 e. The maximum absolute atomic E-state index is 9.81. The summed E-state index contributed by atoms with van der Waals surface area (Å²) >= 11 is -1.62. The second kappa shape index (κ2) is 5.25. The largest absolute Gasteiger partial charge is 0.306 e. The fourth-order valence-corrected chi connectivity index (χ4v) is 0. The summed E-state index contributed by atoms with van der Waals surface area (Å²) in [4.78, 5) is 0. The molecule has 0 bridgehead atoms. The van der Waals surface area contributed by atoms with Gasteiger partial charge in [0.05, 0.1) is 5.25 Å². The Balaban J connectivity index is 0. The Morgan fingerprint density at radius 3 is 1.71 bits per heavy atom. The van der Waals surface area contributed by atoms with Crippen molar-refractivity contribution in [2.75, 3.05) is 0 Å². The minimum Gasteiger partial charge on any atom is -0.306 e. The molecular formula is C3H8NaO2S. The molecule has 0 rings (SSSR count). The minimum absolute atomic E-state index is 0. The van der Waals surface area contributed by atoms with Crippen molar-refractivity contribution in [3.8, 4) is 0 Å². The first-order valence-electron chi connectivity index (χ1n) is 1.74. The molecule has 0 fully saturated rings. The number of hydrogen-bond donors (Lipinski definition) is 1. The molecule has 1 N–H and O–H groups in total. The normalized spacial score (nSPS) is 13.1. The van der Waals surface area contributed by atoms with Crippen LogP contribution in [0, 0.1) is 0 Å². The average Bonchev–Trinajstić information content (AvgIpc) is 1.36. The molecule has 39 valence electrons. The van der Waals surface area contributed by atoms with E-state index in [0.717, 1.165) is 0 Å². The van der Waals surface area contributed by atoms with Crippen molar-refractivity contribution < 1.29 is 8.76 Å². The van der Waals surface area contributed by atoms with E-state index in [0.29, 0.717) is 0 Å². The van der Waals surface area contributed by atoms with Crippen LogP contribution >= 0.6 is 0 Å². The number of hydrogen-bond acceptors (Lipinski definition) is 1. The summed E-state index contributed by atoms with van der Waals surface area (Å²) in [5.74, 6) is 0. The molecule has 0 aromatic carbocycles. The quantitative estimate of drug-likeness (QED) is 0.408. The Hall–Kier alpha value is 1.11. The topological polar surface area (TPSA) is 37.3 Å². The Morgan fingerprint density at radius 1 is 1.57 bits per heavy atom. The van der Waals surface area contributed by atoms with Crippen LogP contribution in [0.25, 0.3) is 0 Å². The van der Waals surface area contributed by atoms with Gasteiger partial charge in [0.25, 0.3) is 0 Å². The van der Waals surface area contributed by atoms with Crippen LogP contribution in [0.1, 0.15) is 13.8 Å². The van der Waals surface area contributed by atoms with E-state index in [2.05, 4.69) is 0 Å². The third-order valence-corrected chi connectivity index (χ3v) is 1.21. The van der Waals surface area contributed by atoms with Crippen LogP contribution in [0.5, 0.6) is 0 Å². The molecule has 4 heteroatoms. The first kappa shape index (κ1) is 11.0. The Morgan fingerprint density at radius 2 is 1.71 bits per heavy atom. The van der Waals surface area contributed by atoms with E-state index in [1.165, 1.54) is 0 Å². The minimum atomic E-state index is -1.62. The Labute approximate surface area is 68.3 Å². The van der Waals surface area contributed by atoms with Crippen molar-refractivity contribution in [1.29, 1.82) is 0 Å². The van der Waals surface area contributed by atoms with Crippen molar-refractivity contribution in [3.63, 3.8) is 0 Å². The molecule has 0 aliphatic rings. The molecular weight excluding hydrogens is 123 g/mol. The van der Waals surface area contributed by atoms with E-state index in [-0.39, 0.29) is 34.8 Å². The van der Waals surface area contributed by atoms with Crippen LogP contribution in [0.3, 0.4) is 0 Å². The van der Waals surface area contributed by atoms with Gasteiger partial charge in [-0.15, -0.1) is 0 Å². The van der Waals surface area contributed by atoms with Gasteiger partial charge >= 0.3 is 0 Å². The molecule has 2 nitrogen and oxygen atoms in total. The molecule has 0 saturated carbocycles. The second-order valence-electron chi connectivity index (χ2n) is 1.32. The summed E-state index contributed by atoms with van der Waals surface area (Å²) in [6, 6.07) is 0. The molecule has 0 aromatic rings. The molecule has 0 aliphatic carbocycles. The molecule has 0 heterocycles. The van der Waals surface area contributed by atoms with Crippen LogP contribution in [0.15, 0.2) is 0 Å². The molecule has 1 atom stereocenters. The van der Waals surface area contributed by atoms with Crippen LogP contribution in [0.4, 0.5) is 0 Å². The first-order chi connectivity index (χ1) is 2.64. The monoisotopic (exact) mass is 131 g/mol. The van der Waals surface area contributed by atoms with Gasteiger partial charge in [-0.1, -0.05) is 0 Å². The SMILES string of the molecule is CC(C)S(=O)O.[Na]. The van der Waals surface area contributed by atoms with Gasteiger partial charge in [0.1, 0.15) is 0 Å². The zero-order valence-electron chi connectivity index (χ0n) is 4.84. The van der Waals surface area contributed by atoms with Crippen molar-refractivity contribution in [2.45, 2.75) is 19.1 Å². The first-order valence-corrected chi connectivity index (χ1v) is 2.91. The molecule has 0 saturated heterocycles. The van der Waals surface area contributed by atoms with Crippen molar-refractivity contribution in [3.05, 3.63) is 0 Å². The summed E-state index contributed by atoms with van der Waals surface area (Å²) in [6.45, 7) is 3.38. The molecule has 1 radical (unpaired) electrons. The van der Waals surface area contributed by atoms with Gasteiger partial charge in [-0.3, -0.25) is 0 Å². The van der Waals surface area contributed by atoms with Gasteiger partial charge in [0, 0.05) is 29.6 Å². The predicted molar refractivity (Wildman–Crippen MR) is 31.7 cm³/mol. The molecule has 0 aromatic heterocycles. The van der Waals surface area contributed by atoms with E-state index in [4.69, 9.17) is 4.55 Å². The summed E-state index contributed by atoms with van der Waals surface area (Å²) in [6.07, 6.45) is 0. The zero-order chi connectivity index (χ0) is 5.15. The van der Waals surface area contributed by atoms with Crippen molar-refractivity contribution in [1.82, 2.24) is 0 Å². The molecule has 0 amide bonds. The number of rotatable bonds is 1. The van der Waals surface area contributed by atoms with Crippen LogP contribution in [-0.2, 0) is 11.1 Å². The van der Waals surface area contributed by atoms with Gasteiger partial charge in [-0.05, 0) is 13.8 Å². The Bertz CT molecular complexity index is 64.0. The second-order valence-corrected chi connectivity index (χ2v) is 2.82. The van der Waals surface area contributed by atoms with Crippen LogP contribution in [-0.4, -0.2) is 43.6 Å². The summed E-state index contributed by atoms with van der Waals surface area (Å²) < 4.78 is 17.9. The van der Waals surface area contributed by atoms with Gasteiger partial charge in [-0.25, -0.2) is 4.21 Å². The average molecular weight is 131 g/mol. The fraction of sp³-hybridized carbons (Fsp3) is 1.00.